The molecule has 5 nitrogen and oxygen atoms in total. The molecule has 4 rings (SSSR count). The first-order valence-corrected chi connectivity index (χ1v) is 10.0. The number of anilines is 1. The van der Waals surface area contributed by atoms with Crippen LogP contribution in [0, 0.1) is 30.5 Å². The summed E-state index contributed by atoms with van der Waals surface area (Å²) < 4.78 is 14.3. The zero-order chi connectivity index (χ0) is 19.1. The largest absolute Gasteiger partial charge is 0.353 e. The second-order valence-corrected chi connectivity index (χ2v) is 8.58. The molecular formula is C21H29ClFN3O2. The second-order valence-electron chi connectivity index (χ2n) is 8.58. The van der Waals surface area contributed by atoms with Crippen molar-refractivity contribution in [2.75, 3.05) is 11.4 Å². The minimum atomic E-state index is -0.422. The molecule has 2 bridgehead atoms. The maximum Gasteiger partial charge on any atom is 0.227 e. The molecule has 0 spiro atoms. The second kappa shape index (κ2) is 8.37. The van der Waals surface area contributed by atoms with E-state index in [0.717, 1.165) is 31.2 Å². The van der Waals surface area contributed by atoms with Crippen LogP contribution in [0.3, 0.4) is 0 Å². The van der Waals surface area contributed by atoms with Gasteiger partial charge in [0.1, 0.15) is 5.82 Å². The third kappa shape index (κ3) is 4.03. The molecule has 28 heavy (non-hydrogen) atoms. The summed E-state index contributed by atoms with van der Waals surface area (Å²) in [5, 5.41) is 3.23. The molecule has 1 aromatic rings. The number of amides is 2. The molecule has 2 saturated carbocycles. The molecule has 0 radical (unpaired) electrons. The van der Waals surface area contributed by atoms with Crippen LogP contribution in [0.4, 0.5) is 10.1 Å². The number of hydrogen-bond donors (Lipinski definition) is 2. The van der Waals surface area contributed by atoms with E-state index in [0.29, 0.717) is 11.8 Å². The van der Waals surface area contributed by atoms with Crippen molar-refractivity contribution in [2.45, 2.75) is 57.5 Å². The Bertz CT molecular complexity index is 745. The number of nitrogens with zero attached hydrogens (tertiary/aromatic N) is 1. The highest BCUT2D eigenvalue weighted by molar-refractivity contribution is 6.00. The number of carbonyl (C=O) groups excluding carboxylic acids is 2. The van der Waals surface area contributed by atoms with Crippen molar-refractivity contribution >= 4 is 29.9 Å². The lowest BCUT2D eigenvalue weighted by molar-refractivity contribution is -0.128. The summed E-state index contributed by atoms with van der Waals surface area (Å²) in [5.74, 6) is -0.215. The number of aryl methyl sites for hydroxylation is 1. The molecule has 154 valence electrons. The van der Waals surface area contributed by atoms with Crippen molar-refractivity contribution in [1.29, 1.82) is 0 Å². The monoisotopic (exact) mass is 409 g/mol. The number of benzene rings is 1. The van der Waals surface area contributed by atoms with E-state index in [9.17, 15) is 14.0 Å². The summed E-state index contributed by atoms with van der Waals surface area (Å²) in [5.41, 5.74) is 7.24. The van der Waals surface area contributed by atoms with Gasteiger partial charge in [-0.25, -0.2) is 4.39 Å². The van der Waals surface area contributed by atoms with Crippen LogP contribution in [-0.2, 0) is 9.59 Å². The number of hydrogen-bond acceptors (Lipinski definition) is 3. The van der Waals surface area contributed by atoms with Gasteiger partial charge >= 0.3 is 0 Å². The summed E-state index contributed by atoms with van der Waals surface area (Å²) >= 11 is 0. The quantitative estimate of drug-likeness (QED) is 0.805. The van der Waals surface area contributed by atoms with Gasteiger partial charge in [0.2, 0.25) is 11.8 Å². The van der Waals surface area contributed by atoms with Gasteiger partial charge in [-0.3, -0.25) is 9.59 Å². The number of rotatable bonds is 3. The predicted octanol–water partition coefficient (Wildman–Crippen LogP) is 2.93. The molecule has 7 heteroatoms. The van der Waals surface area contributed by atoms with Gasteiger partial charge in [0, 0.05) is 25.0 Å². The standard InChI is InChI=1S/C21H28FN3O2.ClH/c1-12-5-6-18(17(22)7-12)25-11-15(10-19(25)26)21(27)24-20-13-3-2-4-14(20)9-16(23)8-13;/h5-7,13-16,20H,2-4,8-11,23H2,1H3,(H,24,27);1H. The molecule has 2 amide bonds. The van der Waals surface area contributed by atoms with E-state index in [2.05, 4.69) is 5.32 Å². The Morgan fingerprint density at radius 1 is 1.25 bits per heavy atom. The van der Waals surface area contributed by atoms with Crippen LogP contribution in [0.1, 0.15) is 44.1 Å². The van der Waals surface area contributed by atoms with Gasteiger partial charge in [0.15, 0.2) is 0 Å². The highest BCUT2D eigenvalue weighted by atomic mass is 35.5. The zero-order valence-corrected chi connectivity index (χ0v) is 17.0. The fourth-order valence-electron chi connectivity index (χ4n) is 5.25. The lowest BCUT2D eigenvalue weighted by Gasteiger charge is -2.45. The summed E-state index contributed by atoms with van der Waals surface area (Å²) in [4.78, 5) is 26.7. The topological polar surface area (TPSA) is 75.4 Å². The van der Waals surface area contributed by atoms with Crippen LogP contribution in [0.5, 0.6) is 0 Å². The molecule has 1 heterocycles. The maximum absolute atomic E-state index is 14.3. The van der Waals surface area contributed by atoms with Crippen LogP contribution in [-0.4, -0.2) is 30.4 Å². The number of fused-ring (bicyclic) bond motifs is 2. The average Bonchev–Trinajstić information content (AvgIpc) is 2.97. The van der Waals surface area contributed by atoms with Gasteiger partial charge in [-0.2, -0.15) is 0 Å². The lowest BCUT2D eigenvalue weighted by atomic mass is 9.67. The Hall–Kier alpha value is -1.66. The van der Waals surface area contributed by atoms with E-state index in [4.69, 9.17) is 5.73 Å². The Morgan fingerprint density at radius 2 is 1.93 bits per heavy atom. The first-order chi connectivity index (χ1) is 12.9. The van der Waals surface area contributed by atoms with Gasteiger partial charge in [-0.1, -0.05) is 12.5 Å². The van der Waals surface area contributed by atoms with E-state index < -0.39 is 11.7 Å². The van der Waals surface area contributed by atoms with Crippen LogP contribution < -0.4 is 16.0 Å². The lowest BCUT2D eigenvalue weighted by Crippen LogP contribution is -2.54. The molecule has 3 N–H and O–H groups in total. The summed E-state index contributed by atoms with van der Waals surface area (Å²) in [7, 11) is 0. The van der Waals surface area contributed by atoms with Crippen molar-refractivity contribution in [3.63, 3.8) is 0 Å². The molecule has 3 aliphatic rings. The van der Waals surface area contributed by atoms with E-state index in [1.54, 1.807) is 12.1 Å². The first-order valence-electron chi connectivity index (χ1n) is 10.0. The minimum Gasteiger partial charge on any atom is -0.353 e. The number of nitrogens with one attached hydrogen (secondary N) is 1. The van der Waals surface area contributed by atoms with Crippen molar-refractivity contribution in [3.05, 3.63) is 29.6 Å². The number of halogens is 2. The fraction of sp³-hybridized carbons (Fsp3) is 0.619. The molecule has 3 fully saturated rings. The Kier molecular flexibility index (Phi) is 6.30. The summed E-state index contributed by atoms with van der Waals surface area (Å²) in [6.07, 6.45) is 5.49. The SMILES string of the molecule is Cc1ccc(N2CC(C(=O)NC3C4CCCC3CC(N)C4)CC2=O)c(F)c1.Cl. The van der Waals surface area contributed by atoms with Gasteiger partial charge in [0.25, 0.3) is 0 Å². The normalized spacial score (nSPS) is 32.0. The number of carbonyl (C=O) groups is 2. The highest BCUT2D eigenvalue weighted by Gasteiger charge is 2.42. The molecule has 0 aromatic heterocycles. The van der Waals surface area contributed by atoms with Crippen molar-refractivity contribution in [3.8, 4) is 0 Å². The van der Waals surface area contributed by atoms with Crippen molar-refractivity contribution in [2.24, 2.45) is 23.5 Å². The summed E-state index contributed by atoms with van der Waals surface area (Å²) in [6.45, 7) is 2.05. The van der Waals surface area contributed by atoms with E-state index in [1.165, 1.54) is 17.4 Å². The smallest absolute Gasteiger partial charge is 0.227 e. The van der Waals surface area contributed by atoms with Crippen LogP contribution in [0.25, 0.3) is 0 Å². The predicted molar refractivity (Wildman–Crippen MR) is 109 cm³/mol. The van der Waals surface area contributed by atoms with E-state index >= 15 is 0 Å². The minimum absolute atomic E-state index is 0. The maximum atomic E-state index is 14.3. The van der Waals surface area contributed by atoms with Gasteiger partial charge < -0.3 is 16.0 Å². The van der Waals surface area contributed by atoms with E-state index in [-0.39, 0.29) is 55.0 Å². The van der Waals surface area contributed by atoms with Crippen LogP contribution >= 0.6 is 12.4 Å². The van der Waals surface area contributed by atoms with Crippen molar-refractivity contribution < 1.29 is 14.0 Å². The molecule has 1 saturated heterocycles. The van der Waals surface area contributed by atoms with Crippen molar-refractivity contribution in [1.82, 2.24) is 5.32 Å². The molecule has 1 aliphatic heterocycles. The fourth-order valence-corrected chi connectivity index (χ4v) is 5.25. The Morgan fingerprint density at radius 3 is 2.57 bits per heavy atom. The Balaban J connectivity index is 0.00000225. The molecular weight excluding hydrogens is 381 g/mol. The first kappa shape index (κ1) is 21.1. The zero-order valence-electron chi connectivity index (χ0n) is 16.2. The van der Waals surface area contributed by atoms with Gasteiger partial charge in [-0.05, 0) is 62.1 Å². The summed E-state index contributed by atoms with van der Waals surface area (Å²) in [6, 6.07) is 5.23. The average molecular weight is 410 g/mol. The third-order valence-electron chi connectivity index (χ3n) is 6.58. The van der Waals surface area contributed by atoms with E-state index in [1.807, 2.05) is 6.92 Å². The molecule has 1 aromatic carbocycles. The Labute approximate surface area is 171 Å². The molecule has 2 aliphatic carbocycles. The van der Waals surface area contributed by atoms with Gasteiger partial charge in [0.05, 0.1) is 11.6 Å². The van der Waals surface area contributed by atoms with Gasteiger partial charge in [-0.15, -0.1) is 12.4 Å². The third-order valence-corrected chi connectivity index (χ3v) is 6.58. The molecule has 3 atom stereocenters. The highest BCUT2D eigenvalue weighted by Crippen LogP contribution is 2.40. The molecule has 3 unspecified atom stereocenters. The number of nitrogens with two attached hydrogens (primary N) is 1. The van der Waals surface area contributed by atoms with Crippen LogP contribution in [0.2, 0.25) is 0 Å². The van der Waals surface area contributed by atoms with Crippen LogP contribution in [0.15, 0.2) is 18.2 Å².